The predicted molar refractivity (Wildman–Crippen MR) is 105 cm³/mol. The number of nitrogens with zero attached hydrogens (tertiary/aromatic N) is 1. The second-order valence-corrected chi connectivity index (χ2v) is 7.71. The first-order chi connectivity index (χ1) is 13.2. The van der Waals surface area contributed by atoms with Gasteiger partial charge in [-0.25, -0.2) is 0 Å². The number of nitrogens with one attached hydrogen (secondary N) is 1. The SMILES string of the molecule is CC1CCN(Cc2ccc(C(=O)Nc3ccc(Cl)c(C(F)(F)F)c3)cc2)CC1. The predicted octanol–water partition coefficient (Wildman–Crippen LogP) is 5.84. The molecule has 0 atom stereocenters. The van der Waals surface area contributed by atoms with E-state index in [1.165, 1.54) is 18.9 Å². The number of benzene rings is 2. The topological polar surface area (TPSA) is 32.3 Å². The quantitative estimate of drug-likeness (QED) is 0.686. The van der Waals surface area contributed by atoms with Gasteiger partial charge in [-0.2, -0.15) is 13.2 Å². The fraction of sp³-hybridized carbons (Fsp3) is 0.381. The van der Waals surface area contributed by atoms with Crippen molar-refractivity contribution >= 4 is 23.2 Å². The fourth-order valence-electron chi connectivity index (χ4n) is 3.26. The van der Waals surface area contributed by atoms with Gasteiger partial charge in [0.15, 0.2) is 0 Å². The van der Waals surface area contributed by atoms with Gasteiger partial charge in [0, 0.05) is 17.8 Å². The van der Waals surface area contributed by atoms with Gasteiger partial charge in [-0.1, -0.05) is 30.7 Å². The van der Waals surface area contributed by atoms with Crippen molar-refractivity contribution in [1.29, 1.82) is 0 Å². The van der Waals surface area contributed by atoms with E-state index in [4.69, 9.17) is 11.6 Å². The van der Waals surface area contributed by atoms with Crippen molar-refractivity contribution in [2.75, 3.05) is 18.4 Å². The van der Waals surface area contributed by atoms with Crippen LogP contribution in [0.15, 0.2) is 42.5 Å². The van der Waals surface area contributed by atoms with Crippen LogP contribution in [0, 0.1) is 5.92 Å². The lowest BCUT2D eigenvalue weighted by Crippen LogP contribution is -2.32. The van der Waals surface area contributed by atoms with Gasteiger partial charge in [0.1, 0.15) is 0 Å². The highest BCUT2D eigenvalue weighted by Gasteiger charge is 2.33. The normalized spacial score (nSPS) is 16.2. The summed E-state index contributed by atoms with van der Waals surface area (Å²) in [5.74, 6) is 0.307. The Kier molecular flexibility index (Phi) is 6.30. The third-order valence-corrected chi connectivity index (χ3v) is 5.36. The van der Waals surface area contributed by atoms with E-state index >= 15 is 0 Å². The van der Waals surface area contributed by atoms with Crippen molar-refractivity contribution in [1.82, 2.24) is 4.90 Å². The number of carbonyl (C=O) groups is 1. The Morgan fingerprint density at radius 3 is 2.39 bits per heavy atom. The second kappa shape index (κ2) is 8.53. The Balaban J connectivity index is 1.63. The molecule has 1 heterocycles. The number of carbonyl (C=O) groups excluding carboxylic acids is 1. The summed E-state index contributed by atoms with van der Waals surface area (Å²) in [5, 5.41) is 2.09. The largest absolute Gasteiger partial charge is 0.417 e. The number of halogens is 4. The van der Waals surface area contributed by atoms with Gasteiger partial charge in [0.05, 0.1) is 10.6 Å². The molecule has 1 aliphatic heterocycles. The summed E-state index contributed by atoms with van der Waals surface area (Å²) in [7, 11) is 0. The molecule has 0 aliphatic carbocycles. The molecule has 7 heteroatoms. The summed E-state index contributed by atoms with van der Waals surface area (Å²) in [6.07, 6.45) is -2.19. The zero-order valence-electron chi connectivity index (χ0n) is 15.5. The first kappa shape index (κ1) is 20.7. The van der Waals surface area contributed by atoms with Gasteiger partial charge in [-0.3, -0.25) is 9.69 Å². The van der Waals surface area contributed by atoms with Gasteiger partial charge in [0.25, 0.3) is 5.91 Å². The maximum Gasteiger partial charge on any atom is 0.417 e. The van der Waals surface area contributed by atoms with E-state index in [2.05, 4.69) is 17.1 Å². The Bertz CT molecular complexity index is 829. The van der Waals surface area contributed by atoms with Crippen LogP contribution in [0.3, 0.4) is 0 Å². The first-order valence-corrected chi connectivity index (χ1v) is 9.59. The molecule has 0 saturated carbocycles. The number of rotatable bonds is 4. The van der Waals surface area contributed by atoms with Crippen molar-refractivity contribution in [2.24, 2.45) is 5.92 Å². The fourth-order valence-corrected chi connectivity index (χ4v) is 3.49. The van der Waals surface area contributed by atoms with Crippen molar-refractivity contribution in [2.45, 2.75) is 32.5 Å². The van der Waals surface area contributed by atoms with E-state index in [0.29, 0.717) is 5.56 Å². The Labute approximate surface area is 167 Å². The van der Waals surface area contributed by atoms with E-state index < -0.39 is 22.7 Å². The van der Waals surface area contributed by atoms with Crippen molar-refractivity contribution in [3.8, 4) is 0 Å². The first-order valence-electron chi connectivity index (χ1n) is 9.22. The molecule has 1 amide bonds. The van der Waals surface area contributed by atoms with E-state index in [9.17, 15) is 18.0 Å². The van der Waals surface area contributed by atoms with Crippen LogP contribution in [0.4, 0.5) is 18.9 Å². The van der Waals surface area contributed by atoms with E-state index in [0.717, 1.165) is 43.2 Å². The molecule has 1 fully saturated rings. The maximum absolute atomic E-state index is 12.9. The van der Waals surface area contributed by atoms with Gasteiger partial charge in [-0.15, -0.1) is 0 Å². The van der Waals surface area contributed by atoms with Crippen molar-refractivity contribution in [3.63, 3.8) is 0 Å². The number of alkyl halides is 3. The van der Waals surface area contributed by atoms with Crippen LogP contribution in [0.25, 0.3) is 0 Å². The molecule has 150 valence electrons. The summed E-state index contributed by atoms with van der Waals surface area (Å²) < 4.78 is 38.8. The minimum atomic E-state index is -4.58. The number of hydrogen-bond donors (Lipinski definition) is 1. The van der Waals surface area contributed by atoms with Crippen LogP contribution in [0.1, 0.15) is 41.3 Å². The second-order valence-electron chi connectivity index (χ2n) is 7.30. The highest BCUT2D eigenvalue weighted by atomic mass is 35.5. The Hall–Kier alpha value is -2.05. The third kappa shape index (κ3) is 5.26. The number of piperidine rings is 1. The maximum atomic E-state index is 12.9. The summed E-state index contributed by atoms with van der Waals surface area (Å²) >= 11 is 5.60. The molecule has 1 saturated heterocycles. The molecule has 0 radical (unpaired) electrons. The van der Waals surface area contributed by atoms with Crippen LogP contribution < -0.4 is 5.32 Å². The van der Waals surface area contributed by atoms with Crippen molar-refractivity contribution in [3.05, 3.63) is 64.2 Å². The molecule has 2 aromatic rings. The monoisotopic (exact) mass is 410 g/mol. The van der Waals surface area contributed by atoms with Gasteiger partial charge in [-0.05, 0) is 67.7 Å². The van der Waals surface area contributed by atoms with Crippen LogP contribution in [0.2, 0.25) is 5.02 Å². The van der Waals surface area contributed by atoms with E-state index in [1.54, 1.807) is 12.1 Å². The van der Waals surface area contributed by atoms with Gasteiger partial charge in [0.2, 0.25) is 0 Å². The molecule has 0 spiro atoms. The average molecular weight is 411 g/mol. The van der Waals surface area contributed by atoms with Crippen molar-refractivity contribution < 1.29 is 18.0 Å². The van der Waals surface area contributed by atoms with Crippen LogP contribution >= 0.6 is 11.6 Å². The minimum absolute atomic E-state index is 0.0493. The number of amides is 1. The molecule has 0 bridgehead atoms. The third-order valence-electron chi connectivity index (χ3n) is 5.03. The molecule has 3 rings (SSSR count). The Morgan fingerprint density at radius 2 is 1.79 bits per heavy atom. The van der Waals surface area contributed by atoms with E-state index in [1.807, 2.05) is 12.1 Å². The summed E-state index contributed by atoms with van der Waals surface area (Å²) in [6, 6.07) is 10.5. The number of anilines is 1. The number of hydrogen-bond acceptors (Lipinski definition) is 2. The highest BCUT2D eigenvalue weighted by Crippen LogP contribution is 2.36. The van der Waals surface area contributed by atoms with Crippen LogP contribution in [-0.4, -0.2) is 23.9 Å². The summed E-state index contributed by atoms with van der Waals surface area (Å²) in [5.41, 5.74) is 0.572. The zero-order valence-corrected chi connectivity index (χ0v) is 16.3. The summed E-state index contributed by atoms with van der Waals surface area (Å²) in [4.78, 5) is 14.8. The lowest BCUT2D eigenvalue weighted by Gasteiger charge is -2.30. The highest BCUT2D eigenvalue weighted by molar-refractivity contribution is 6.31. The van der Waals surface area contributed by atoms with Gasteiger partial charge < -0.3 is 5.32 Å². The van der Waals surface area contributed by atoms with Gasteiger partial charge >= 0.3 is 6.18 Å². The molecule has 0 aromatic heterocycles. The standard InChI is InChI=1S/C21H22ClF3N2O/c1-14-8-10-27(11-9-14)13-15-2-4-16(5-3-15)20(28)26-17-6-7-19(22)18(12-17)21(23,24)25/h2-7,12,14H,8-11,13H2,1H3,(H,26,28). The molecular formula is C21H22ClF3N2O. The molecule has 1 N–H and O–H groups in total. The molecule has 0 unspecified atom stereocenters. The van der Waals surface area contributed by atoms with Crippen LogP contribution in [0.5, 0.6) is 0 Å². The average Bonchev–Trinajstić information content (AvgIpc) is 2.65. The Morgan fingerprint density at radius 1 is 1.14 bits per heavy atom. The molecular weight excluding hydrogens is 389 g/mol. The van der Waals surface area contributed by atoms with E-state index in [-0.39, 0.29) is 5.69 Å². The zero-order chi connectivity index (χ0) is 20.3. The lowest BCUT2D eigenvalue weighted by atomic mass is 9.99. The van der Waals surface area contributed by atoms with Crippen LogP contribution in [-0.2, 0) is 12.7 Å². The summed E-state index contributed by atoms with van der Waals surface area (Å²) in [6.45, 7) is 5.24. The molecule has 1 aliphatic rings. The molecule has 3 nitrogen and oxygen atoms in total. The number of likely N-dealkylation sites (tertiary alicyclic amines) is 1. The lowest BCUT2D eigenvalue weighted by molar-refractivity contribution is -0.137. The molecule has 2 aromatic carbocycles. The smallest absolute Gasteiger partial charge is 0.322 e. The minimum Gasteiger partial charge on any atom is -0.322 e. The molecule has 28 heavy (non-hydrogen) atoms.